The molecule has 2 rings (SSSR count). The molecule has 1 heterocycles. The van der Waals surface area contributed by atoms with Crippen molar-refractivity contribution in [2.24, 2.45) is 0 Å². The maximum atomic E-state index is 11.9. The Bertz CT molecular complexity index is 599. The number of benzene rings is 1. The highest BCUT2D eigenvalue weighted by molar-refractivity contribution is 6.07. The number of amides is 1. The van der Waals surface area contributed by atoms with Gasteiger partial charge >= 0.3 is 5.97 Å². The SMILES string of the molecule is COC(=O)c1ccccc1NC(=O)c1ccnnc1. The molecule has 96 valence electrons. The van der Waals surface area contributed by atoms with Crippen molar-refractivity contribution in [3.05, 3.63) is 53.9 Å². The number of carbonyl (C=O) groups excluding carboxylic acids is 2. The van der Waals surface area contributed by atoms with Gasteiger partial charge in [-0.15, -0.1) is 0 Å². The van der Waals surface area contributed by atoms with Crippen LogP contribution in [-0.2, 0) is 4.74 Å². The Labute approximate surface area is 109 Å². The van der Waals surface area contributed by atoms with E-state index < -0.39 is 5.97 Å². The second kappa shape index (κ2) is 5.72. The zero-order valence-corrected chi connectivity index (χ0v) is 10.2. The molecular formula is C13H11N3O3. The van der Waals surface area contributed by atoms with Gasteiger partial charge in [0.05, 0.1) is 36.3 Å². The summed E-state index contributed by atoms with van der Waals surface area (Å²) in [6.07, 6.45) is 2.76. The number of nitrogens with zero attached hydrogens (tertiary/aromatic N) is 2. The molecule has 1 aromatic carbocycles. The molecule has 0 bridgehead atoms. The molecule has 0 radical (unpaired) electrons. The fourth-order valence-corrected chi connectivity index (χ4v) is 1.50. The van der Waals surface area contributed by atoms with Crippen molar-refractivity contribution in [1.29, 1.82) is 0 Å². The minimum Gasteiger partial charge on any atom is -0.465 e. The third kappa shape index (κ3) is 2.92. The predicted octanol–water partition coefficient (Wildman–Crippen LogP) is 1.52. The van der Waals surface area contributed by atoms with Crippen molar-refractivity contribution in [2.45, 2.75) is 0 Å². The molecular weight excluding hydrogens is 246 g/mol. The molecule has 0 atom stereocenters. The summed E-state index contributed by atoms with van der Waals surface area (Å²) in [6, 6.07) is 8.14. The molecule has 0 aliphatic heterocycles. The van der Waals surface area contributed by atoms with Crippen LogP contribution in [0.5, 0.6) is 0 Å². The van der Waals surface area contributed by atoms with Crippen LogP contribution < -0.4 is 5.32 Å². The van der Waals surface area contributed by atoms with E-state index in [4.69, 9.17) is 0 Å². The van der Waals surface area contributed by atoms with Gasteiger partial charge in [0.15, 0.2) is 0 Å². The number of methoxy groups -OCH3 is 1. The fourth-order valence-electron chi connectivity index (χ4n) is 1.50. The van der Waals surface area contributed by atoms with Crippen LogP contribution in [-0.4, -0.2) is 29.2 Å². The van der Waals surface area contributed by atoms with E-state index in [-0.39, 0.29) is 5.91 Å². The number of aromatic nitrogens is 2. The predicted molar refractivity (Wildman–Crippen MR) is 67.8 cm³/mol. The summed E-state index contributed by atoms with van der Waals surface area (Å²) in [5.41, 5.74) is 1.03. The molecule has 1 aromatic heterocycles. The first kappa shape index (κ1) is 12.7. The molecule has 0 saturated heterocycles. The van der Waals surface area contributed by atoms with Crippen LogP contribution in [0.1, 0.15) is 20.7 Å². The van der Waals surface area contributed by atoms with Gasteiger partial charge in [0.25, 0.3) is 5.91 Å². The quantitative estimate of drug-likeness (QED) is 0.843. The number of hydrogen-bond donors (Lipinski definition) is 1. The Kier molecular flexibility index (Phi) is 3.82. The highest BCUT2D eigenvalue weighted by Gasteiger charge is 2.14. The van der Waals surface area contributed by atoms with Crippen molar-refractivity contribution < 1.29 is 14.3 Å². The maximum Gasteiger partial charge on any atom is 0.339 e. The number of ether oxygens (including phenoxy) is 1. The molecule has 6 heteroatoms. The second-order valence-electron chi connectivity index (χ2n) is 3.62. The van der Waals surface area contributed by atoms with Crippen LogP contribution in [0.3, 0.4) is 0 Å². The average molecular weight is 257 g/mol. The van der Waals surface area contributed by atoms with Gasteiger partial charge in [-0.1, -0.05) is 12.1 Å². The van der Waals surface area contributed by atoms with Gasteiger partial charge in [-0.25, -0.2) is 4.79 Å². The number of para-hydroxylation sites is 1. The minimum absolute atomic E-state index is 0.292. The molecule has 0 aliphatic carbocycles. The molecule has 0 saturated carbocycles. The van der Waals surface area contributed by atoms with Crippen LogP contribution in [0.2, 0.25) is 0 Å². The first-order valence-corrected chi connectivity index (χ1v) is 5.48. The number of rotatable bonds is 3. The largest absolute Gasteiger partial charge is 0.465 e. The smallest absolute Gasteiger partial charge is 0.339 e. The summed E-state index contributed by atoms with van der Waals surface area (Å²) >= 11 is 0. The van der Waals surface area contributed by atoms with Crippen LogP contribution in [0.25, 0.3) is 0 Å². The molecule has 2 aromatic rings. The van der Waals surface area contributed by atoms with E-state index in [1.807, 2.05) is 0 Å². The minimum atomic E-state index is -0.510. The topological polar surface area (TPSA) is 81.2 Å². The van der Waals surface area contributed by atoms with E-state index >= 15 is 0 Å². The molecule has 0 aliphatic rings. The summed E-state index contributed by atoms with van der Waals surface area (Å²) in [6.45, 7) is 0. The Morgan fingerprint density at radius 1 is 1.16 bits per heavy atom. The van der Waals surface area contributed by atoms with Gasteiger partial charge in [0.2, 0.25) is 0 Å². The molecule has 19 heavy (non-hydrogen) atoms. The van der Waals surface area contributed by atoms with E-state index in [0.29, 0.717) is 16.8 Å². The molecule has 1 N–H and O–H groups in total. The van der Waals surface area contributed by atoms with E-state index in [9.17, 15) is 9.59 Å². The number of hydrogen-bond acceptors (Lipinski definition) is 5. The number of nitrogens with one attached hydrogen (secondary N) is 1. The standard InChI is InChI=1S/C13H11N3O3/c1-19-13(18)10-4-2-3-5-11(10)16-12(17)9-6-7-14-15-8-9/h2-8H,1H3,(H,16,17). The lowest BCUT2D eigenvalue weighted by molar-refractivity contribution is 0.0602. The van der Waals surface area contributed by atoms with Crippen LogP contribution in [0, 0.1) is 0 Å². The highest BCUT2D eigenvalue weighted by Crippen LogP contribution is 2.16. The van der Waals surface area contributed by atoms with Crippen molar-refractivity contribution in [3.8, 4) is 0 Å². The first-order chi connectivity index (χ1) is 9.22. The zero-order valence-electron chi connectivity index (χ0n) is 10.2. The molecule has 0 spiro atoms. The van der Waals surface area contributed by atoms with Crippen LogP contribution >= 0.6 is 0 Å². The second-order valence-corrected chi connectivity index (χ2v) is 3.62. The van der Waals surface area contributed by atoms with Crippen LogP contribution in [0.4, 0.5) is 5.69 Å². The summed E-state index contributed by atoms with van der Waals surface area (Å²) in [5.74, 6) is -0.880. The number of carbonyl (C=O) groups is 2. The Morgan fingerprint density at radius 3 is 2.63 bits per heavy atom. The summed E-state index contributed by atoms with van der Waals surface area (Å²) in [5, 5.41) is 9.84. The van der Waals surface area contributed by atoms with E-state index in [1.54, 1.807) is 24.3 Å². The summed E-state index contributed by atoms with van der Waals surface area (Å²) in [7, 11) is 1.29. The summed E-state index contributed by atoms with van der Waals surface area (Å²) in [4.78, 5) is 23.5. The van der Waals surface area contributed by atoms with Crippen molar-refractivity contribution >= 4 is 17.6 Å². The van der Waals surface area contributed by atoms with E-state index in [0.717, 1.165) is 0 Å². The van der Waals surface area contributed by atoms with Gasteiger partial charge in [0.1, 0.15) is 0 Å². The Balaban J connectivity index is 2.25. The lowest BCUT2D eigenvalue weighted by Gasteiger charge is -2.09. The van der Waals surface area contributed by atoms with Gasteiger partial charge in [-0.05, 0) is 18.2 Å². The Morgan fingerprint density at radius 2 is 1.95 bits per heavy atom. The molecule has 0 fully saturated rings. The highest BCUT2D eigenvalue weighted by atomic mass is 16.5. The van der Waals surface area contributed by atoms with Crippen molar-refractivity contribution in [3.63, 3.8) is 0 Å². The third-order valence-electron chi connectivity index (χ3n) is 2.43. The van der Waals surface area contributed by atoms with Gasteiger partial charge in [-0.3, -0.25) is 4.79 Å². The average Bonchev–Trinajstić information content (AvgIpc) is 2.48. The maximum absolute atomic E-state index is 11.9. The molecule has 1 amide bonds. The lowest BCUT2D eigenvalue weighted by Crippen LogP contribution is -2.15. The molecule has 0 unspecified atom stereocenters. The van der Waals surface area contributed by atoms with Gasteiger partial charge < -0.3 is 10.1 Å². The van der Waals surface area contributed by atoms with E-state index in [1.165, 1.54) is 25.6 Å². The normalized spacial score (nSPS) is 9.74. The monoisotopic (exact) mass is 257 g/mol. The van der Waals surface area contributed by atoms with Crippen molar-refractivity contribution in [1.82, 2.24) is 10.2 Å². The van der Waals surface area contributed by atoms with Crippen molar-refractivity contribution in [2.75, 3.05) is 12.4 Å². The first-order valence-electron chi connectivity index (χ1n) is 5.48. The third-order valence-corrected chi connectivity index (χ3v) is 2.43. The summed E-state index contributed by atoms with van der Waals surface area (Å²) < 4.78 is 4.65. The zero-order chi connectivity index (χ0) is 13.7. The molecule has 6 nitrogen and oxygen atoms in total. The van der Waals surface area contributed by atoms with Gasteiger partial charge in [-0.2, -0.15) is 10.2 Å². The van der Waals surface area contributed by atoms with E-state index in [2.05, 4.69) is 20.3 Å². The Hall–Kier alpha value is -2.76. The van der Waals surface area contributed by atoms with Crippen LogP contribution in [0.15, 0.2) is 42.7 Å². The fraction of sp³-hybridized carbons (Fsp3) is 0.0769. The number of anilines is 1. The number of esters is 1. The lowest BCUT2D eigenvalue weighted by atomic mass is 10.1. The van der Waals surface area contributed by atoms with Gasteiger partial charge in [0, 0.05) is 0 Å².